The summed E-state index contributed by atoms with van der Waals surface area (Å²) in [5.74, 6) is 0.0511. The minimum atomic E-state index is -3.56. The van der Waals surface area contributed by atoms with E-state index in [1.54, 1.807) is 6.07 Å². The van der Waals surface area contributed by atoms with Crippen LogP contribution >= 0.6 is 11.8 Å². The predicted octanol–water partition coefficient (Wildman–Crippen LogP) is 2.45. The Morgan fingerprint density at radius 3 is 2.57 bits per heavy atom. The van der Waals surface area contributed by atoms with Gasteiger partial charge in [-0.05, 0) is 49.2 Å². The molecule has 150 valence electrons. The molecule has 1 aliphatic rings. The quantitative estimate of drug-likeness (QED) is 0.721. The van der Waals surface area contributed by atoms with Gasteiger partial charge in [0.15, 0.2) is 0 Å². The first-order valence-corrected chi connectivity index (χ1v) is 11.3. The Kier molecular flexibility index (Phi) is 6.71. The maximum Gasteiger partial charge on any atom is 0.244 e. The Balaban J connectivity index is 1.56. The smallest absolute Gasteiger partial charge is 0.244 e. The van der Waals surface area contributed by atoms with E-state index in [9.17, 15) is 13.2 Å². The number of thioether (sulfide) groups is 1. The molecule has 2 heterocycles. The monoisotopic (exact) mass is 421 g/mol. The van der Waals surface area contributed by atoms with Crippen LogP contribution in [0.4, 0.5) is 5.69 Å². The molecular weight excluding hydrogens is 398 g/mol. The van der Waals surface area contributed by atoms with Crippen molar-refractivity contribution in [2.45, 2.75) is 23.8 Å². The lowest BCUT2D eigenvalue weighted by Crippen LogP contribution is -2.40. The molecule has 1 aromatic heterocycles. The summed E-state index contributed by atoms with van der Waals surface area (Å²) in [5.41, 5.74) is 3.04. The second-order valence-corrected chi connectivity index (χ2v) is 9.42. The number of nitrogens with zero attached hydrogens (tertiary/aromatic N) is 2. The van der Waals surface area contributed by atoms with Crippen molar-refractivity contribution < 1.29 is 17.9 Å². The highest BCUT2D eigenvalue weighted by Crippen LogP contribution is 2.21. The number of ether oxygens (including phenoxy) is 1. The van der Waals surface area contributed by atoms with Gasteiger partial charge in [0, 0.05) is 25.0 Å². The molecule has 0 saturated carbocycles. The second-order valence-electron chi connectivity index (χ2n) is 6.48. The molecule has 1 amide bonds. The van der Waals surface area contributed by atoms with Crippen molar-refractivity contribution in [3.63, 3.8) is 0 Å². The van der Waals surface area contributed by atoms with Crippen LogP contribution in [0.2, 0.25) is 0 Å². The van der Waals surface area contributed by atoms with E-state index in [-0.39, 0.29) is 16.6 Å². The standard InChI is InChI=1S/C19H23N3O4S2/c1-14-3-4-16(11-15(14)2)21-18(23)13-27-19-6-5-17(12-20-19)28(24,25)22-7-9-26-10-8-22/h3-6,11-12H,7-10,13H2,1-2H3,(H,21,23). The van der Waals surface area contributed by atoms with Gasteiger partial charge >= 0.3 is 0 Å². The Labute approximate surface area is 169 Å². The Hall–Kier alpha value is -1.94. The van der Waals surface area contributed by atoms with Gasteiger partial charge in [-0.15, -0.1) is 0 Å². The molecule has 1 fully saturated rings. The van der Waals surface area contributed by atoms with Gasteiger partial charge in [-0.25, -0.2) is 13.4 Å². The maximum absolute atomic E-state index is 12.6. The van der Waals surface area contributed by atoms with Crippen molar-refractivity contribution in [1.82, 2.24) is 9.29 Å². The molecule has 1 aromatic carbocycles. The SMILES string of the molecule is Cc1ccc(NC(=O)CSc2ccc(S(=O)(=O)N3CCOCC3)cn2)cc1C. The largest absolute Gasteiger partial charge is 0.379 e. The molecule has 7 nitrogen and oxygen atoms in total. The lowest BCUT2D eigenvalue weighted by atomic mass is 10.1. The Bertz CT molecular complexity index is 940. The highest BCUT2D eigenvalue weighted by Gasteiger charge is 2.26. The molecule has 0 aliphatic carbocycles. The summed E-state index contributed by atoms with van der Waals surface area (Å²) in [6.45, 7) is 5.50. The number of carbonyl (C=O) groups excluding carboxylic acids is 1. The van der Waals surface area contributed by atoms with E-state index in [0.29, 0.717) is 31.3 Å². The molecule has 0 unspecified atom stereocenters. The number of aryl methyl sites for hydroxylation is 2. The zero-order chi connectivity index (χ0) is 20.1. The molecule has 1 saturated heterocycles. The van der Waals surface area contributed by atoms with Crippen molar-refractivity contribution in [3.8, 4) is 0 Å². The lowest BCUT2D eigenvalue weighted by Gasteiger charge is -2.25. The minimum Gasteiger partial charge on any atom is -0.379 e. The second kappa shape index (κ2) is 9.04. The van der Waals surface area contributed by atoms with Crippen LogP contribution in [0.5, 0.6) is 0 Å². The summed E-state index contributed by atoms with van der Waals surface area (Å²) in [6, 6.07) is 8.92. The zero-order valence-electron chi connectivity index (χ0n) is 15.8. The fourth-order valence-corrected chi connectivity index (χ4v) is 4.69. The molecule has 9 heteroatoms. The lowest BCUT2D eigenvalue weighted by molar-refractivity contribution is -0.113. The van der Waals surface area contributed by atoms with Crippen molar-refractivity contribution in [1.29, 1.82) is 0 Å². The molecule has 1 aliphatic heterocycles. The average Bonchev–Trinajstić information content (AvgIpc) is 2.70. The molecule has 28 heavy (non-hydrogen) atoms. The molecule has 0 atom stereocenters. The normalized spacial score (nSPS) is 15.4. The van der Waals surface area contributed by atoms with Crippen LogP contribution in [0.3, 0.4) is 0 Å². The fourth-order valence-electron chi connectivity index (χ4n) is 2.70. The highest BCUT2D eigenvalue weighted by molar-refractivity contribution is 7.99. The summed E-state index contributed by atoms with van der Waals surface area (Å²) in [5, 5.41) is 3.45. The van der Waals surface area contributed by atoms with Gasteiger partial charge < -0.3 is 10.1 Å². The van der Waals surface area contributed by atoms with Crippen LogP contribution in [-0.4, -0.2) is 55.7 Å². The van der Waals surface area contributed by atoms with Crippen LogP contribution in [0.1, 0.15) is 11.1 Å². The number of sulfonamides is 1. The summed E-state index contributed by atoms with van der Waals surface area (Å²) in [6.07, 6.45) is 1.34. The summed E-state index contributed by atoms with van der Waals surface area (Å²) < 4.78 is 31.8. The highest BCUT2D eigenvalue weighted by atomic mass is 32.2. The number of hydrogen-bond acceptors (Lipinski definition) is 6. The van der Waals surface area contributed by atoms with Crippen molar-refractivity contribution in [3.05, 3.63) is 47.7 Å². The van der Waals surface area contributed by atoms with Crippen LogP contribution in [-0.2, 0) is 19.6 Å². The number of carbonyl (C=O) groups is 1. The number of hydrogen-bond donors (Lipinski definition) is 1. The average molecular weight is 422 g/mol. The van der Waals surface area contributed by atoms with E-state index in [1.807, 2.05) is 32.0 Å². The number of nitrogens with one attached hydrogen (secondary N) is 1. The topological polar surface area (TPSA) is 88.6 Å². The molecule has 1 N–H and O–H groups in total. The Morgan fingerprint density at radius 2 is 1.93 bits per heavy atom. The third-order valence-electron chi connectivity index (χ3n) is 4.46. The first-order valence-electron chi connectivity index (χ1n) is 8.90. The van der Waals surface area contributed by atoms with Crippen molar-refractivity contribution in [2.24, 2.45) is 0 Å². The molecule has 0 spiro atoms. The van der Waals surface area contributed by atoms with E-state index >= 15 is 0 Å². The molecule has 0 bridgehead atoms. The summed E-state index contributed by atoms with van der Waals surface area (Å²) in [7, 11) is -3.56. The van der Waals surface area contributed by atoms with Crippen LogP contribution in [0, 0.1) is 13.8 Å². The number of amides is 1. The van der Waals surface area contributed by atoms with Gasteiger partial charge in [0.1, 0.15) is 4.90 Å². The molecule has 0 radical (unpaired) electrons. The molecule has 3 rings (SSSR count). The fraction of sp³-hybridized carbons (Fsp3) is 0.368. The van der Waals surface area contributed by atoms with E-state index in [1.165, 1.54) is 33.9 Å². The van der Waals surface area contributed by atoms with Gasteiger partial charge in [0.05, 0.1) is 24.0 Å². The Morgan fingerprint density at radius 1 is 1.18 bits per heavy atom. The summed E-state index contributed by atoms with van der Waals surface area (Å²) in [4.78, 5) is 16.5. The van der Waals surface area contributed by atoms with E-state index in [4.69, 9.17) is 4.74 Å². The number of aromatic nitrogens is 1. The van der Waals surface area contributed by atoms with Gasteiger partial charge in [0.2, 0.25) is 15.9 Å². The van der Waals surface area contributed by atoms with E-state index in [0.717, 1.165) is 11.3 Å². The molecular formula is C19H23N3O4S2. The van der Waals surface area contributed by atoms with Gasteiger partial charge in [-0.2, -0.15) is 4.31 Å². The van der Waals surface area contributed by atoms with E-state index in [2.05, 4.69) is 10.3 Å². The van der Waals surface area contributed by atoms with Crippen molar-refractivity contribution >= 4 is 33.4 Å². The maximum atomic E-state index is 12.6. The minimum absolute atomic E-state index is 0.139. The van der Waals surface area contributed by atoms with Crippen molar-refractivity contribution in [2.75, 3.05) is 37.4 Å². The number of rotatable bonds is 6. The molecule has 2 aromatic rings. The number of anilines is 1. The third-order valence-corrected chi connectivity index (χ3v) is 7.28. The zero-order valence-corrected chi connectivity index (χ0v) is 17.5. The van der Waals surface area contributed by atoms with Gasteiger partial charge in [0.25, 0.3) is 0 Å². The van der Waals surface area contributed by atoms with Crippen LogP contribution < -0.4 is 5.32 Å². The van der Waals surface area contributed by atoms with Gasteiger partial charge in [-0.1, -0.05) is 17.8 Å². The van der Waals surface area contributed by atoms with Crippen LogP contribution in [0.25, 0.3) is 0 Å². The first kappa shape index (κ1) is 20.8. The number of morpholine rings is 1. The number of benzene rings is 1. The summed E-state index contributed by atoms with van der Waals surface area (Å²) >= 11 is 1.26. The third kappa shape index (κ3) is 5.11. The van der Waals surface area contributed by atoms with Crippen LogP contribution in [0.15, 0.2) is 46.5 Å². The predicted molar refractivity (Wildman–Crippen MR) is 109 cm³/mol. The first-order chi connectivity index (χ1) is 13.4. The number of pyridine rings is 1. The van der Waals surface area contributed by atoms with E-state index < -0.39 is 10.0 Å². The van der Waals surface area contributed by atoms with Gasteiger partial charge in [-0.3, -0.25) is 4.79 Å².